The third-order valence-electron chi connectivity index (χ3n) is 1.99. The van der Waals surface area contributed by atoms with Crippen LogP contribution in [0.25, 0.3) is 0 Å². The summed E-state index contributed by atoms with van der Waals surface area (Å²) in [5.41, 5.74) is 1.51. The van der Waals surface area contributed by atoms with Gasteiger partial charge in [-0.3, -0.25) is 0 Å². The van der Waals surface area contributed by atoms with Gasteiger partial charge in [0.05, 0.1) is 5.69 Å². The van der Waals surface area contributed by atoms with Crippen molar-refractivity contribution in [3.05, 3.63) is 17.5 Å². The summed E-state index contributed by atoms with van der Waals surface area (Å²) in [6.07, 6.45) is 1.95. The highest BCUT2D eigenvalue weighted by Crippen LogP contribution is 2.20. The molecular weight excluding hydrogens is 206 g/mol. The van der Waals surface area contributed by atoms with Gasteiger partial charge in [-0.05, 0) is 16.9 Å². The largest absolute Gasteiger partial charge is 0.361 e. The van der Waals surface area contributed by atoms with Crippen LogP contribution in [-0.2, 0) is 12.8 Å². The second kappa shape index (κ2) is 5.59. The zero-order chi connectivity index (χ0) is 11.3. The Morgan fingerprint density at radius 3 is 2.67 bits per heavy atom. The predicted molar refractivity (Wildman–Crippen MR) is 66.4 cm³/mol. The van der Waals surface area contributed by atoms with Crippen molar-refractivity contribution in [1.29, 1.82) is 0 Å². The van der Waals surface area contributed by atoms with Crippen LogP contribution >= 0.6 is 11.8 Å². The third-order valence-corrected chi connectivity index (χ3v) is 3.56. The predicted octanol–water partition coefficient (Wildman–Crippen LogP) is 3.56. The normalized spacial score (nSPS) is 12.0. The van der Waals surface area contributed by atoms with Gasteiger partial charge in [-0.25, -0.2) is 0 Å². The molecule has 0 aliphatic heterocycles. The molecule has 0 amide bonds. The SMILES string of the molecule is CCc1cc(CCSCC(C)(C)C)no1. The van der Waals surface area contributed by atoms with E-state index in [1.54, 1.807) is 0 Å². The van der Waals surface area contributed by atoms with E-state index in [0.717, 1.165) is 30.0 Å². The topological polar surface area (TPSA) is 26.0 Å². The second-order valence-electron chi connectivity index (χ2n) is 5.00. The molecule has 0 unspecified atom stereocenters. The number of aromatic nitrogens is 1. The molecule has 3 heteroatoms. The first-order valence-corrected chi connectivity index (χ1v) is 6.69. The molecule has 0 atom stereocenters. The fraction of sp³-hybridized carbons (Fsp3) is 0.750. The van der Waals surface area contributed by atoms with E-state index in [1.807, 2.05) is 11.8 Å². The summed E-state index contributed by atoms with van der Waals surface area (Å²) in [6, 6.07) is 2.07. The average molecular weight is 227 g/mol. The van der Waals surface area contributed by atoms with E-state index >= 15 is 0 Å². The summed E-state index contributed by atoms with van der Waals surface area (Å²) in [5, 5.41) is 4.03. The summed E-state index contributed by atoms with van der Waals surface area (Å²) >= 11 is 1.99. The fourth-order valence-corrected chi connectivity index (χ4v) is 2.31. The maximum absolute atomic E-state index is 5.15. The van der Waals surface area contributed by atoms with E-state index in [2.05, 4.69) is 38.9 Å². The minimum Gasteiger partial charge on any atom is -0.361 e. The van der Waals surface area contributed by atoms with Crippen molar-refractivity contribution < 1.29 is 4.52 Å². The lowest BCUT2D eigenvalue weighted by Crippen LogP contribution is -2.09. The molecule has 0 aliphatic carbocycles. The highest BCUT2D eigenvalue weighted by atomic mass is 32.2. The molecule has 15 heavy (non-hydrogen) atoms. The summed E-state index contributed by atoms with van der Waals surface area (Å²) in [4.78, 5) is 0. The maximum atomic E-state index is 5.15. The number of hydrogen-bond donors (Lipinski definition) is 0. The first-order valence-electron chi connectivity index (χ1n) is 5.53. The Kier molecular flexibility index (Phi) is 4.71. The van der Waals surface area contributed by atoms with Crippen molar-refractivity contribution in [3.63, 3.8) is 0 Å². The van der Waals surface area contributed by atoms with Gasteiger partial charge < -0.3 is 4.52 Å². The highest BCUT2D eigenvalue weighted by Gasteiger charge is 2.10. The lowest BCUT2D eigenvalue weighted by Gasteiger charge is -2.16. The summed E-state index contributed by atoms with van der Waals surface area (Å²) < 4.78 is 5.15. The highest BCUT2D eigenvalue weighted by molar-refractivity contribution is 7.99. The third kappa shape index (κ3) is 5.26. The zero-order valence-corrected chi connectivity index (χ0v) is 11.0. The Morgan fingerprint density at radius 2 is 2.13 bits per heavy atom. The maximum Gasteiger partial charge on any atom is 0.136 e. The first-order chi connectivity index (χ1) is 7.01. The zero-order valence-electron chi connectivity index (χ0n) is 10.2. The van der Waals surface area contributed by atoms with E-state index in [1.165, 1.54) is 5.75 Å². The van der Waals surface area contributed by atoms with Crippen LogP contribution in [0.5, 0.6) is 0 Å². The number of rotatable bonds is 5. The number of thioether (sulfide) groups is 1. The van der Waals surface area contributed by atoms with Crippen LogP contribution in [0.2, 0.25) is 0 Å². The van der Waals surface area contributed by atoms with Crippen molar-refractivity contribution >= 4 is 11.8 Å². The fourth-order valence-electron chi connectivity index (χ4n) is 1.20. The molecule has 0 bridgehead atoms. The molecule has 1 heterocycles. The van der Waals surface area contributed by atoms with Crippen molar-refractivity contribution in [2.45, 2.75) is 40.5 Å². The molecule has 0 N–H and O–H groups in total. The molecule has 2 nitrogen and oxygen atoms in total. The first kappa shape index (κ1) is 12.6. The molecule has 0 aliphatic rings. The molecule has 0 fully saturated rings. The van der Waals surface area contributed by atoms with E-state index < -0.39 is 0 Å². The Balaban J connectivity index is 2.20. The minimum absolute atomic E-state index is 0.420. The van der Waals surface area contributed by atoms with Gasteiger partial charge in [0, 0.05) is 18.9 Å². The lowest BCUT2D eigenvalue weighted by atomic mass is 10.0. The Morgan fingerprint density at radius 1 is 1.40 bits per heavy atom. The van der Waals surface area contributed by atoms with Gasteiger partial charge in [0.2, 0.25) is 0 Å². The van der Waals surface area contributed by atoms with Crippen molar-refractivity contribution in [1.82, 2.24) is 5.16 Å². The van der Waals surface area contributed by atoms with E-state index in [0.29, 0.717) is 5.41 Å². The molecule has 0 saturated heterocycles. The Labute approximate surface area is 96.8 Å². The molecule has 1 aromatic heterocycles. The van der Waals surface area contributed by atoms with Gasteiger partial charge in [-0.2, -0.15) is 11.8 Å². The van der Waals surface area contributed by atoms with E-state index in [-0.39, 0.29) is 0 Å². The van der Waals surface area contributed by atoms with Crippen LogP contribution in [0.3, 0.4) is 0 Å². The summed E-state index contributed by atoms with van der Waals surface area (Å²) in [7, 11) is 0. The van der Waals surface area contributed by atoms with Gasteiger partial charge in [0.15, 0.2) is 0 Å². The monoisotopic (exact) mass is 227 g/mol. The summed E-state index contributed by atoms with van der Waals surface area (Å²) in [6.45, 7) is 8.89. The molecule has 0 saturated carbocycles. The van der Waals surface area contributed by atoms with Gasteiger partial charge in [-0.15, -0.1) is 0 Å². The van der Waals surface area contributed by atoms with Crippen molar-refractivity contribution in [2.75, 3.05) is 11.5 Å². The van der Waals surface area contributed by atoms with Crippen LogP contribution in [0, 0.1) is 5.41 Å². The second-order valence-corrected chi connectivity index (χ2v) is 6.11. The molecule has 1 rings (SSSR count). The lowest BCUT2D eigenvalue weighted by molar-refractivity contribution is 0.381. The molecule has 1 aromatic rings. The van der Waals surface area contributed by atoms with E-state index in [9.17, 15) is 0 Å². The van der Waals surface area contributed by atoms with Gasteiger partial charge in [0.1, 0.15) is 5.76 Å². The number of aryl methyl sites for hydroxylation is 2. The van der Waals surface area contributed by atoms with Crippen LogP contribution in [0.1, 0.15) is 39.1 Å². The molecule has 86 valence electrons. The number of hydrogen-bond acceptors (Lipinski definition) is 3. The van der Waals surface area contributed by atoms with Gasteiger partial charge >= 0.3 is 0 Å². The summed E-state index contributed by atoms with van der Waals surface area (Å²) in [5.74, 6) is 3.32. The van der Waals surface area contributed by atoms with Crippen LogP contribution in [-0.4, -0.2) is 16.7 Å². The van der Waals surface area contributed by atoms with Gasteiger partial charge in [-0.1, -0.05) is 32.9 Å². The molecule has 0 radical (unpaired) electrons. The molecule has 0 aromatic carbocycles. The quantitative estimate of drug-likeness (QED) is 0.719. The van der Waals surface area contributed by atoms with Gasteiger partial charge in [0.25, 0.3) is 0 Å². The van der Waals surface area contributed by atoms with Crippen LogP contribution < -0.4 is 0 Å². The Bertz CT molecular complexity index is 288. The molecule has 0 spiro atoms. The molecular formula is C12H21NOS. The van der Waals surface area contributed by atoms with E-state index in [4.69, 9.17) is 4.52 Å². The minimum atomic E-state index is 0.420. The van der Waals surface area contributed by atoms with Crippen molar-refractivity contribution in [2.24, 2.45) is 5.41 Å². The van der Waals surface area contributed by atoms with Crippen molar-refractivity contribution in [3.8, 4) is 0 Å². The standard InChI is InChI=1S/C12H21NOS/c1-5-11-8-10(13-14-11)6-7-15-9-12(2,3)4/h8H,5-7,9H2,1-4H3. The van der Waals surface area contributed by atoms with Crippen LogP contribution in [0.4, 0.5) is 0 Å². The smallest absolute Gasteiger partial charge is 0.136 e. The Hall–Kier alpha value is -0.440. The number of nitrogens with zero attached hydrogens (tertiary/aromatic N) is 1. The van der Waals surface area contributed by atoms with Crippen LogP contribution in [0.15, 0.2) is 10.6 Å². The average Bonchev–Trinajstić information content (AvgIpc) is 2.59.